The van der Waals surface area contributed by atoms with E-state index in [1.54, 1.807) is 13.0 Å². The molecule has 0 aliphatic carbocycles. The molecule has 0 bridgehead atoms. The van der Waals surface area contributed by atoms with Gasteiger partial charge in [0.25, 0.3) is 0 Å². The van der Waals surface area contributed by atoms with Gasteiger partial charge in [-0.1, -0.05) is 11.6 Å². The van der Waals surface area contributed by atoms with Crippen LogP contribution in [0.25, 0.3) is 0 Å². The van der Waals surface area contributed by atoms with Gasteiger partial charge in [0, 0.05) is 0 Å². The van der Waals surface area contributed by atoms with Crippen molar-refractivity contribution in [2.45, 2.75) is 6.92 Å². The Hall–Kier alpha value is -1.16. The van der Waals surface area contributed by atoms with Crippen molar-refractivity contribution in [2.24, 2.45) is 0 Å². The molecule has 58 valence electrons. The maximum absolute atomic E-state index is 7.30. The molecule has 11 heavy (non-hydrogen) atoms. The molecule has 0 atom stereocenters. The van der Waals surface area contributed by atoms with Crippen LogP contribution >= 0.6 is 11.6 Å². The molecule has 0 aliphatic rings. The zero-order valence-electron chi connectivity index (χ0n) is 5.93. The second kappa shape index (κ2) is 2.84. The number of aryl methyl sites for hydroxylation is 1. The first kappa shape index (κ1) is 7.94. The van der Waals surface area contributed by atoms with Gasteiger partial charge in [0.15, 0.2) is 5.15 Å². The molecule has 4 nitrogen and oxygen atoms in total. The summed E-state index contributed by atoms with van der Waals surface area (Å²) in [5.41, 5.74) is 0.900. The number of nitrogens with one attached hydrogen (secondary N) is 2. The third-order valence-electron chi connectivity index (χ3n) is 1.24. The summed E-state index contributed by atoms with van der Waals surface area (Å²) in [6, 6.07) is 1.56. The maximum Gasteiger partial charge on any atom is 0.153 e. The van der Waals surface area contributed by atoms with Crippen molar-refractivity contribution in [2.75, 3.05) is 0 Å². The van der Waals surface area contributed by atoms with Gasteiger partial charge >= 0.3 is 0 Å². The summed E-state index contributed by atoms with van der Waals surface area (Å²) in [5.74, 6) is 0. The molecule has 0 radical (unpaired) electrons. The molecule has 1 rings (SSSR count). The van der Waals surface area contributed by atoms with Crippen LogP contribution < -0.4 is 5.49 Å². The number of aromatic nitrogens is 2. The van der Waals surface area contributed by atoms with Gasteiger partial charge in [-0.3, -0.25) is 10.8 Å². The van der Waals surface area contributed by atoms with Crippen LogP contribution in [0.5, 0.6) is 0 Å². The predicted molar refractivity (Wildman–Crippen MR) is 42.0 cm³/mol. The molecule has 0 amide bonds. The average Bonchev–Trinajstić information content (AvgIpc) is 1.97. The normalized spacial score (nSPS) is 9.64. The van der Waals surface area contributed by atoms with Crippen LogP contribution in [0.3, 0.4) is 0 Å². The molecule has 1 heterocycles. The summed E-state index contributed by atoms with van der Waals surface area (Å²) in [7, 11) is 0. The van der Waals surface area contributed by atoms with E-state index in [4.69, 9.17) is 22.4 Å². The second-order valence-corrected chi connectivity index (χ2v) is 2.44. The maximum atomic E-state index is 7.30. The van der Waals surface area contributed by atoms with E-state index < -0.39 is 0 Å². The van der Waals surface area contributed by atoms with Gasteiger partial charge in [-0.2, -0.15) is 5.10 Å². The molecule has 0 saturated carbocycles. The van der Waals surface area contributed by atoms with E-state index in [2.05, 4.69) is 5.10 Å². The Bertz CT molecular complexity index is 341. The van der Waals surface area contributed by atoms with Crippen LogP contribution in [-0.4, -0.2) is 16.1 Å². The SMILES string of the molecule is Cc1cc(=N)n(C=N)nc1Cl. The molecule has 0 aromatic carbocycles. The average molecular weight is 171 g/mol. The lowest BCUT2D eigenvalue weighted by atomic mass is 10.3. The van der Waals surface area contributed by atoms with Gasteiger partial charge < -0.3 is 0 Å². The van der Waals surface area contributed by atoms with E-state index in [0.29, 0.717) is 5.15 Å². The topological polar surface area (TPSA) is 65.5 Å². The minimum absolute atomic E-state index is 0.155. The van der Waals surface area contributed by atoms with E-state index in [9.17, 15) is 0 Å². The highest BCUT2D eigenvalue weighted by Crippen LogP contribution is 2.05. The molecule has 0 saturated heterocycles. The predicted octanol–water partition coefficient (Wildman–Crippen LogP) is 0.780. The van der Waals surface area contributed by atoms with Gasteiger partial charge in [0.05, 0.1) is 0 Å². The van der Waals surface area contributed by atoms with Gasteiger partial charge in [-0.15, -0.1) is 0 Å². The van der Waals surface area contributed by atoms with Crippen molar-refractivity contribution in [3.05, 3.63) is 22.3 Å². The van der Waals surface area contributed by atoms with Crippen LogP contribution in [0.2, 0.25) is 5.15 Å². The Morgan fingerprint density at radius 1 is 1.73 bits per heavy atom. The molecule has 2 N–H and O–H groups in total. The van der Waals surface area contributed by atoms with Crippen molar-refractivity contribution < 1.29 is 0 Å². The minimum Gasteiger partial charge on any atom is -0.289 e. The van der Waals surface area contributed by atoms with Crippen LogP contribution in [0.15, 0.2) is 6.07 Å². The van der Waals surface area contributed by atoms with Gasteiger partial charge in [-0.25, -0.2) is 4.68 Å². The van der Waals surface area contributed by atoms with Gasteiger partial charge in [0.2, 0.25) is 0 Å². The Balaban J connectivity index is 3.44. The van der Waals surface area contributed by atoms with Crippen molar-refractivity contribution >= 4 is 17.9 Å². The Kier molecular flexibility index (Phi) is 2.05. The first-order valence-electron chi connectivity index (χ1n) is 2.96. The first-order valence-corrected chi connectivity index (χ1v) is 3.34. The highest BCUT2D eigenvalue weighted by molar-refractivity contribution is 6.30. The molecular weight excluding hydrogens is 164 g/mol. The van der Waals surface area contributed by atoms with Crippen LogP contribution in [-0.2, 0) is 0 Å². The monoisotopic (exact) mass is 170 g/mol. The Morgan fingerprint density at radius 3 is 2.91 bits per heavy atom. The molecule has 0 spiro atoms. The summed E-state index contributed by atoms with van der Waals surface area (Å²) in [6.45, 7) is 1.77. The largest absolute Gasteiger partial charge is 0.289 e. The van der Waals surface area contributed by atoms with Crippen molar-refractivity contribution in [1.29, 1.82) is 10.8 Å². The zero-order valence-corrected chi connectivity index (χ0v) is 6.68. The standard InChI is InChI=1S/C6H7ClN4/c1-4-2-5(9)11(3-8)10-6(4)7/h2-3,8-9H,1H3. The molecule has 0 fully saturated rings. The molecule has 0 unspecified atom stereocenters. The van der Waals surface area contributed by atoms with E-state index in [0.717, 1.165) is 16.6 Å². The number of nitrogens with zero attached hydrogens (tertiary/aromatic N) is 2. The first-order chi connectivity index (χ1) is 5.15. The smallest absolute Gasteiger partial charge is 0.153 e. The zero-order chi connectivity index (χ0) is 8.43. The molecule has 1 aromatic rings. The van der Waals surface area contributed by atoms with E-state index >= 15 is 0 Å². The summed E-state index contributed by atoms with van der Waals surface area (Å²) in [4.78, 5) is 0. The number of hydrogen-bond acceptors (Lipinski definition) is 3. The fourth-order valence-corrected chi connectivity index (χ4v) is 0.792. The number of rotatable bonds is 1. The van der Waals surface area contributed by atoms with Crippen molar-refractivity contribution in [3.8, 4) is 0 Å². The fourth-order valence-electron chi connectivity index (χ4n) is 0.656. The highest BCUT2D eigenvalue weighted by Gasteiger charge is 1.97. The number of halogens is 1. The molecule has 5 heteroatoms. The van der Waals surface area contributed by atoms with Gasteiger partial charge in [0.1, 0.15) is 11.8 Å². The van der Waals surface area contributed by atoms with Crippen LogP contribution in [0.4, 0.5) is 0 Å². The molecule has 0 aliphatic heterocycles. The van der Waals surface area contributed by atoms with E-state index in [1.807, 2.05) is 0 Å². The summed E-state index contributed by atoms with van der Waals surface area (Å²) >= 11 is 5.65. The van der Waals surface area contributed by atoms with Crippen LogP contribution in [0, 0.1) is 17.7 Å². The van der Waals surface area contributed by atoms with Crippen molar-refractivity contribution in [3.63, 3.8) is 0 Å². The lowest BCUT2D eigenvalue weighted by Crippen LogP contribution is -2.22. The van der Waals surface area contributed by atoms with Gasteiger partial charge in [-0.05, 0) is 18.6 Å². The summed E-state index contributed by atoms with van der Waals surface area (Å²) < 4.78 is 1.09. The number of hydrogen-bond donors (Lipinski definition) is 2. The quantitative estimate of drug-likeness (QED) is 0.475. The van der Waals surface area contributed by atoms with Crippen LogP contribution in [0.1, 0.15) is 5.56 Å². The van der Waals surface area contributed by atoms with E-state index in [1.165, 1.54) is 0 Å². The third-order valence-corrected chi connectivity index (χ3v) is 1.62. The summed E-state index contributed by atoms with van der Waals surface area (Å²) in [5, 5.41) is 18.2. The molecule has 1 aromatic heterocycles. The lowest BCUT2D eigenvalue weighted by Gasteiger charge is -1.99. The molecular formula is C6H7ClN4. The van der Waals surface area contributed by atoms with E-state index in [-0.39, 0.29) is 5.49 Å². The third kappa shape index (κ3) is 1.46. The Morgan fingerprint density at radius 2 is 2.36 bits per heavy atom. The Labute approximate surface area is 68.5 Å². The fraction of sp³-hybridized carbons (Fsp3) is 0.167. The minimum atomic E-state index is 0.155. The lowest BCUT2D eigenvalue weighted by molar-refractivity contribution is 0.820. The summed E-state index contributed by atoms with van der Waals surface area (Å²) in [6.07, 6.45) is 0.938. The van der Waals surface area contributed by atoms with Crippen molar-refractivity contribution in [1.82, 2.24) is 9.78 Å². The highest BCUT2D eigenvalue weighted by atomic mass is 35.5. The second-order valence-electron chi connectivity index (χ2n) is 2.08.